The van der Waals surface area contributed by atoms with Gasteiger partial charge in [-0.1, -0.05) is 35.4 Å². The van der Waals surface area contributed by atoms with Crippen LogP contribution in [0.3, 0.4) is 0 Å². The predicted octanol–water partition coefficient (Wildman–Crippen LogP) is 2.62. The zero-order valence-corrected chi connectivity index (χ0v) is 18.6. The van der Waals surface area contributed by atoms with Crippen LogP contribution in [0.15, 0.2) is 56.6 Å². The van der Waals surface area contributed by atoms with Crippen LogP contribution in [0.2, 0.25) is 5.02 Å². The molecule has 0 saturated carbocycles. The van der Waals surface area contributed by atoms with Crippen LogP contribution in [0.4, 0.5) is 5.69 Å². The lowest BCUT2D eigenvalue weighted by Gasteiger charge is -2.17. The van der Waals surface area contributed by atoms with Crippen molar-refractivity contribution in [2.45, 2.75) is 39.8 Å². The first-order valence-electron chi connectivity index (χ1n) is 10.3. The molecule has 0 aliphatic heterocycles. The number of aromatic nitrogens is 3. The zero-order chi connectivity index (χ0) is 23.3. The third-order valence-corrected chi connectivity index (χ3v) is 5.27. The Balaban J connectivity index is 2.09. The molecule has 2 aromatic rings. The highest BCUT2D eigenvalue weighted by molar-refractivity contribution is 6.32. The predicted molar refractivity (Wildman–Crippen MR) is 120 cm³/mol. The molecule has 10 heteroatoms. The summed E-state index contributed by atoms with van der Waals surface area (Å²) in [7, 11) is 0. The van der Waals surface area contributed by atoms with Crippen molar-refractivity contribution in [2.24, 2.45) is 10.9 Å². The highest BCUT2D eigenvalue weighted by Gasteiger charge is 2.15. The number of halogens is 1. The number of carboxylic acid groups (broad SMARTS) is 1. The summed E-state index contributed by atoms with van der Waals surface area (Å²) in [4.78, 5) is 43.7. The fourth-order valence-corrected chi connectivity index (χ4v) is 3.54. The summed E-state index contributed by atoms with van der Waals surface area (Å²) >= 11 is 6.24. The molecule has 0 radical (unpaired) electrons. The minimum Gasteiger partial charge on any atom is -0.492 e. The van der Waals surface area contributed by atoms with Gasteiger partial charge in [-0.15, -0.1) is 0 Å². The van der Waals surface area contributed by atoms with Gasteiger partial charge in [0.25, 0.3) is 0 Å². The molecule has 0 saturated heterocycles. The van der Waals surface area contributed by atoms with Crippen molar-refractivity contribution in [2.75, 3.05) is 6.61 Å². The Hall–Kier alpha value is -3.33. The topological polar surface area (TPSA) is 119 Å². The van der Waals surface area contributed by atoms with E-state index in [4.69, 9.17) is 21.4 Å². The van der Waals surface area contributed by atoms with E-state index in [0.717, 1.165) is 16.6 Å². The van der Waals surface area contributed by atoms with E-state index in [1.807, 2.05) is 26.0 Å². The standard InChI is InChI=1S/C22H25ClN4O5/c1-3-32-18-9-8-16(12-17(18)23)24-20-25-21(30)26(11-10-19(28)29)22(31)27(20)13-15-6-4-14(2)5-7-15/h4-6,8-9,12,15H,3,7,10-11,13H2,1-2H3,(H,28,29)(H,24,25,30). The average Bonchev–Trinajstić information content (AvgIpc) is 2.74. The summed E-state index contributed by atoms with van der Waals surface area (Å²) in [5, 5.41) is 9.31. The number of hydrogen-bond acceptors (Lipinski definition) is 5. The Morgan fingerprint density at radius 3 is 2.75 bits per heavy atom. The molecule has 3 rings (SSSR count). The number of carbonyl (C=O) groups is 1. The molecule has 0 amide bonds. The van der Waals surface area contributed by atoms with E-state index in [1.165, 1.54) is 4.57 Å². The first kappa shape index (κ1) is 23.3. The summed E-state index contributed by atoms with van der Waals surface area (Å²) in [6.45, 7) is 4.33. The quantitative estimate of drug-likeness (QED) is 0.627. The van der Waals surface area contributed by atoms with Gasteiger partial charge >= 0.3 is 17.3 Å². The number of nitrogens with one attached hydrogen (secondary N) is 1. The molecule has 2 N–H and O–H groups in total. The van der Waals surface area contributed by atoms with Gasteiger partial charge in [0.05, 0.1) is 23.7 Å². The molecule has 1 aliphatic carbocycles. The van der Waals surface area contributed by atoms with Crippen LogP contribution in [0.5, 0.6) is 5.75 Å². The number of ether oxygens (including phenoxy) is 1. The van der Waals surface area contributed by atoms with Crippen LogP contribution in [0, 0.1) is 5.92 Å². The number of H-pyrrole nitrogens is 1. The van der Waals surface area contributed by atoms with Crippen molar-refractivity contribution >= 4 is 23.3 Å². The van der Waals surface area contributed by atoms with Crippen LogP contribution >= 0.6 is 11.6 Å². The monoisotopic (exact) mass is 460 g/mol. The molecular formula is C22H25ClN4O5. The smallest absolute Gasteiger partial charge is 0.335 e. The maximum Gasteiger partial charge on any atom is 0.335 e. The lowest BCUT2D eigenvalue weighted by molar-refractivity contribution is -0.137. The highest BCUT2D eigenvalue weighted by Crippen LogP contribution is 2.28. The first-order valence-corrected chi connectivity index (χ1v) is 10.6. The van der Waals surface area contributed by atoms with Gasteiger partial charge in [0, 0.05) is 13.1 Å². The molecule has 1 aliphatic rings. The molecule has 32 heavy (non-hydrogen) atoms. The Morgan fingerprint density at radius 2 is 2.12 bits per heavy atom. The lowest BCUT2D eigenvalue weighted by Crippen LogP contribution is -2.50. The van der Waals surface area contributed by atoms with E-state index < -0.39 is 17.3 Å². The highest BCUT2D eigenvalue weighted by atomic mass is 35.5. The van der Waals surface area contributed by atoms with Crippen LogP contribution in [0.25, 0.3) is 0 Å². The fourth-order valence-electron chi connectivity index (χ4n) is 3.31. The van der Waals surface area contributed by atoms with Gasteiger partial charge in [-0.25, -0.2) is 19.1 Å². The molecule has 0 fully saturated rings. The molecular weight excluding hydrogens is 436 g/mol. The maximum atomic E-state index is 13.1. The van der Waals surface area contributed by atoms with E-state index in [2.05, 4.69) is 16.1 Å². The average molecular weight is 461 g/mol. The van der Waals surface area contributed by atoms with Crippen LogP contribution in [0.1, 0.15) is 26.7 Å². The minimum atomic E-state index is -1.10. The van der Waals surface area contributed by atoms with E-state index in [0.29, 0.717) is 23.1 Å². The fraction of sp³-hybridized carbons (Fsp3) is 0.364. The summed E-state index contributed by atoms with van der Waals surface area (Å²) in [5.41, 5.74) is 0.288. The zero-order valence-electron chi connectivity index (χ0n) is 17.9. The molecule has 170 valence electrons. The van der Waals surface area contributed by atoms with Crippen LogP contribution in [-0.2, 0) is 17.9 Å². The Kier molecular flexibility index (Phi) is 7.53. The van der Waals surface area contributed by atoms with Crippen LogP contribution < -0.4 is 21.7 Å². The Labute approximate surface area is 189 Å². The van der Waals surface area contributed by atoms with Crippen molar-refractivity contribution in [3.63, 3.8) is 0 Å². The molecule has 1 aromatic heterocycles. The summed E-state index contributed by atoms with van der Waals surface area (Å²) in [6.07, 6.45) is 6.44. The van der Waals surface area contributed by atoms with Gasteiger partial charge in [0.2, 0.25) is 5.62 Å². The third-order valence-electron chi connectivity index (χ3n) is 4.97. The minimum absolute atomic E-state index is 0.0214. The number of hydrogen-bond donors (Lipinski definition) is 2. The first-order chi connectivity index (χ1) is 15.3. The van der Waals surface area contributed by atoms with Gasteiger partial charge < -0.3 is 9.84 Å². The largest absolute Gasteiger partial charge is 0.492 e. The van der Waals surface area contributed by atoms with Crippen molar-refractivity contribution in [1.82, 2.24) is 14.1 Å². The second-order valence-electron chi connectivity index (χ2n) is 7.40. The van der Waals surface area contributed by atoms with E-state index in [-0.39, 0.29) is 31.0 Å². The molecule has 0 spiro atoms. The molecule has 9 nitrogen and oxygen atoms in total. The maximum absolute atomic E-state index is 13.1. The lowest BCUT2D eigenvalue weighted by atomic mass is 9.97. The summed E-state index contributed by atoms with van der Waals surface area (Å²) in [5.74, 6) is -0.572. The van der Waals surface area contributed by atoms with Gasteiger partial charge in [-0.05, 0) is 44.4 Å². The number of allylic oxidation sites excluding steroid dienone is 4. The van der Waals surface area contributed by atoms with Gasteiger partial charge in [-0.3, -0.25) is 14.3 Å². The molecule has 1 atom stereocenters. The van der Waals surface area contributed by atoms with Crippen molar-refractivity contribution < 1.29 is 14.6 Å². The number of nitrogens with zero attached hydrogens (tertiary/aromatic N) is 3. The van der Waals surface area contributed by atoms with Gasteiger partial charge in [0.15, 0.2) is 0 Å². The van der Waals surface area contributed by atoms with Crippen molar-refractivity contribution in [3.05, 3.63) is 73.6 Å². The van der Waals surface area contributed by atoms with E-state index >= 15 is 0 Å². The molecule has 1 unspecified atom stereocenters. The second kappa shape index (κ2) is 10.3. The van der Waals surface area contributed by atoms with E-state index in [9.17, 15) is 14.4 Å². The number of aliphatic carboxylic acids is 1. The van der Waals surface area contributed by atoms with E-state index in [1.54, 1.807) is 18.2 Å². The molecule has 1 heterocycles. The number of carboxylic acids is 1. The summed E-state index contributed by atoms with van der Waals surface area (Å²) < 4.78 is 7.66. The number of rotatable bonds is 8. The number of benzene rings is 1. The van der Waals surface area contributed by atoms with Gasteiger partial charge in [-0.2, -0.15) is 0 Å². The SMILES string of the molecule is CCOc1ccc(/N=c2\[nH]c(=O)n(CCC(=O)O)c(=O)n2CC2C=CC(C)=CC2)cc1Cl. The Morgan fingerprint density at radius 1 is 1.34 bits per heavy atom. The number of aromatic amines is 1. The van der Waals surface area contributed by atoms with Crippen molar-refractivity contribution in [1.29, 1.82) is 0 Å². The van der Waals surface area contributed by atoms with Crippen LogP contribution in [-0.4, -0.2) is 31.8 Å². The van der Waals surface area contributed by atoms with Crippen molar-refractivity contribution in [3.8, 4) is 5.75 Å². The summed E-state index contributed by atoms with van der Waals surface area (Å²) in [6, 6.07) is 4.92. The van der Waals surface area contributed by atoms with Gasteiger partial charge in [0.1, 0.15) is 5.75 Å². The third kappa shape index (κ3) is 5.67. The Bertz CT molecular complexity index is 1250. The molecule has 0 bridgehead atoms. The second-order valence-corrected chi connectivity index (χ2v) is 7.81. The molecule has 1 aromatic carbocycles. The normalized spacial score (nSPS) is 16.2.